The first kappa shape index (κ1) is 14.9. The first-order valence-electron chi connectivity index (χ1n) is 6.88. The van der Waals surface area contributed by atoms with Gasteiger partial charge < -0.3 is 4.74 Å². The van der Waals surface area contributed by atoms with Gasteiger partial charge in [-0.05, 0) is 18.4 Å². The van der Waals surface area contributed by atoms with Gasteiger partial charge in [0.15, 0.2) is 5.78 Å². The molecule has 0 aliphatic heterocycles. The van der Waals surface area contributed by atoms with Crippen molar-refractivity contribution in [2.75, 3.05) is 6.61 Å². The molecule has 0 aliphatic carbocycles. The molecule has 100 valence electrons. The van der Waals surface area contributed by atoms with Gasteiger partial charge in [-0.25, -0.2) is 0 Å². The molecule has 0 bridgehead atoms. The van der Waals surface area contributed by atoms with E-state index in [-0.39, 0.29) is 5.78 Å². The number of rotatable bonds is 8. The van der Waals surface area contributed by atoms with Crippen LogP contribution in [0.2, 0.25) is 0 Å². The van der Waals surface area contributed by atoms with Gasteiger partial charge in [-0.15, -0.1) is 0 Å². The smallest absolute Gasteiger partial charge is 0.166 e. The fourth-order valence-electron chi connectivity index (χ4n) is 2.21. The minimum absolute atomic E-state index is 0.198. The average Bonchev–Trinajstić information content (AvgIpc) is 2.37. The maximum absolute atomic E-state index is 12.3. The Morgan fingerprint density at radius 2 is 1.89 bits per heavy atom. The summed E-state index contributed by atoms with van der Waals surface area (Å²) in [4.78, 5) is 12.3. The van der Waals surface area contributed by atoms with Gasteiger partial charge >= 0.3 is 0 Å². The maximum Gasteiger partial charge on any atom is 0.166 e. The van der Waals surface area contributed by atoms with E-state index in [0.29, 0.717) is 18.9 Å². The molecule has 0 saturated carbocycles. The molecule has 0 radical (unpaired) electrons. The summed E-state index contributed by atoms with van der Waals surface area (Å²) in [5.74, 6) is 0.637. The highest BCUT2D eigenvalue weighted by Gasteiger charge is 2.22. The van der Waals surface area contributed by atoms with Gasteiger partial charge in [0.1, 0.15) is 6.10 Å². The van der Waals surface area contributed by atoms with Crippen LogP contribution in [0, 0.1) is 5.92 Å². The van der Waals surface area contributed by atoms with Gasteiger partial charge in [0.25, 0.3) is 0 Å². The molecule has 0 heterocycles. The number of hydrogen-bond donors (Lipinski definition) is 0. The van der Waals surface area contributed by atoms with Crippen molar-refractivity contribution in [1.29, 1.82) is 0 Å². The second-order valence-corrected chi connectivity index (χ2v) is 4.81. The van der Waals surface area contributed by atoms with Crippen LogP contribution in [0.1, 0.15) is 51.7 Å². The summed E-state index contributed by atoms with van der Waals surface area (Å²) in [5.41, 5.74) is 0.966. The summed E-state index contributed by atoms with van der Waals surface area (Å²) in [6.45, 7) is 6.78. The Labute approximate surface area is 110 Å². The SMILES string of the molecule is CCCC(C)CC(=O)C(OCC)c1ccccc1. The summed E-state index contributed by atoms with van der Waals surface area (Å²) in [5, 5.41) is 0. The van der Waals surface area contributed by atoms with E-state index in [1.807, 2.05) is 37.3 Å². The number of hydrogen-bond acceptors (Lipinski definition) is 2. The van der Waals surface area contributed by atoms with Gasteiger partial charge in [-0.1, -0.05) is 57.0 Å². The second kappa shape index (κ2) is 8.04. The van der Waals surface area contributed by atoms with Crippen molar-refractivity contribution in [2.24, 2.45) is 5.92 Å². The summed E-state index contributed by atoms with van der Waals surface area (Å²) in [7, 11) is 0. The van der Waals surface area contributed by atoms with Crippen molar-refractivity contribution < 1.29 is 9.53 Å². The number of Topliss-reactive ketones (excluding diaryl/α,β-unsaturated/α-hetero) is 1. The Morgan fingerprint density at radius 1 is 1.22 bits per heavy atom. The lowest BCUT2D eigenvalue weighted by atomic mass is 9.94. The van der Waals surface area contributed by atoms with E-state index in [4.69, 9.17) is 4.74 Å². The quantitative estimate of drug-likeness (QED) is 0.690. The summed E-state index contributed by atoms with van der Waals surface area (Å²) in [6.07, 6.45) is 2.43. The minimum Gasteiger partial charge on any atom is -0.366 e. The molecule has 18 heavy (non-hydrogen) atoms. The topological polar surface area (TPSA) is 26.3 Å². The predicted molar refractivity (Wildman–Crippen MR) is 74.5 cm³/mol. The summed E-state index contributed by atoms with van der Waals surface area (Å²) < 4.78 is 5.62. The Balaban J connectivity index is 2.70. The Bertz CT molecular complexity index is 345. The molecule has 0 aromatic heterocycles. The highest BCUT2D eigenvalue weighted by atomic mass is 16.5. The molecule has 1 aromatic carbocycles. The molecule has 2 nitrogen and oxygen atoms in total. The molecular weight excluding hydrogens is 224 g/mol. The van der Waals surface area contributed by atoms with E-state index in [9.17, 15) is 4.79 Å². The zero-order chi connectivity index (χ0) is 13.4. The zero-order valence-corrected chi connectivity index (χ0v) is 11.7. The van der Waals surface area contributed by atoms with Crippen LogP contribution in [0.15, 0.2) is 30.3 Å². The first-order chi connectivity index (χ1) is 8.69. The summed E-state index contributed by atoms with van der Waals surface area (Å²) in [6, 6.07) is 9.77. The Hall–Kier alpha value is -1.15. The fraction of sp³-hybridized carbons (Fsp3) is 0.562. The number of ketones is 1. The molecule has 0 N–H and O–H groups in total. The van der Waals surface area contributed by atoms with E-state index in [1.165, 1.54) is 0 Å². The Kier molecular flexibility index (Phi) is 6.66. The fourth-order valence-corrected chi connectivity index (χ4v) is 2.21. The molecule has 1 aromatic rings. The van der Waals surface area contributed by atoms with Crippen molar-refractivity contribution in [3.8, 4) is 0 Å². The molecule has 1 rings (SSSR count). The molecule has 0 aliphatic rings. The van der Waals surface area contributed by atoms with Gasteiger partial charge in [-0.2, -0.15) is 0 Å². The van der Waals surface area contributed by atoms with Crippen LogP contribution in [0.25, 0.3) is 0 Å². The molecule has 0 saturated heterocycles. The van der Waals surface area contributed by atoms with E-state index in [1.54, 1.807) is 0 Å². The molecule has 2 unspecified atom stereocenters. The standard InChI is InChI=1S/C16H24O2/c1-4-9-13(3)12-15(17)16(18-5-2)14-10-7-6-8-11-14/h6-8,10-11,13,16H,4-5,9,12H2,1-3H3. The largest absolute Gasteiger partial charge is 0.366 e. The molecule has 0 spiro atoms. The van der Waals surface area contributed by atoms with Crippen molar-refractivity contribution >= 4 is 5.78 Å². The lowest BCUT2D eigenvalue weighted by molar-refractivity contribution is -0.131. The van der Waals surface area contributed by atoms with E-state index >= 15 is 0 Å². The maximum atomic E-state index is 12.3. The number of benzene rings is 1. The van der Waals surface area contributed by atoms with Crippen LogP contribution in [0.4, 0.5) is 0 Å². The highest BCUT2D eigenvalue weighted by Crippen LogP contribution is 2.23. The predicted octanol–water partition coefficient (Wildman–Crippen LogP) is 4.16. The third-order valence-electron chi connectivity index (χ3n) is 3.06. The van der Waals surface area contributed by atoms with Crippen molar-refractivity contribution in [3.05, 3.63) is 35.9 Å². The van der Waals surface area contributed by atoms with Crippen LogP contribution in [0.3, 0.4) is 0 Å². The van der Waals surface area contributed by atoms with Crippen molar-refractivity contribution in [1.82, 2.24) is 0 Å². The van der Waals surface area contributed by atoms with Crippen LogP contribution >= 0.6 is 0 Å². The normalized spacial score (nSPS) is 14.2. The molecule has 0 amide bonds. The number of carbonyl (C=O) groups is 1. The van der Waals surface area contributed by atoms with Gasteiger partial charge in [0.05, 0.1) is 0 Å². The molecule has 2 atom stereocenters. The zero-order valence-electron chi connectivity index (χ0n) is 11.7. The second-order valence-electron chi connectivity index (χ2n) is 4.81. The molecule has 2 heteroatoms. The minimum atomic E-state index is -0.393. The Morgan fingerprint density at radius 3 is 2.44 bits per heavy atom. The lowest BCUT2D eigenvalue weighted by Gasteiger charge is -2.18. The highest BCUT2D eigenvalue weighted by molar-refractivity contribution is 5.84. The van der Waals surface area contributed by atoms with Crippen LogP contribution in [-0.2, 0) is 9.53 Å². The van der Waals surface area contributed by atoms with Crippen molar-refractivity contribution in [2.45, 2.75) is 46.1 Å². The van der Waals surface area contributed by atoms with Gasteiger partial charge in [-0.3, -0.25) is 4.79 Å². The van der Waals surface area contributed by atoms with Crippen LogP contribution in [0.5, 0.6) is 0 Å². The monoisotopic (exact) mass is 248 g/mol. The number of carbonyl (C=O) groups excluding carboxylic acids is 1. The first-order valence-corrected chi connectivity index (χ1v) is 6.88. The van der Waals surface area contributed by atoms with Crippen LogP contribution < -0.4 is 0 Å². The third kappa shape index (κ3) is 4.61. The summed E-state index contributed by atoms with van der Waals surface area (Å²) >= 11 is 0. The molecular formula is C16H24O2. The van der Waals surface area contributed by atoms with Gasteiger partial charge in [0, 0.05) is 13.0 Å². The van der Waals surface area contributed by atoms with E-state index in [0.717, 1.165) is 18.4 Å². The third-order valence-corrected chi connectivity index (χ3v) is 3.06. The van der Waals surface area contributed by atoms with Crippen LogP contribution in [-0.4, -0.2) is 12.4 Å². The van der Waals surface area contributed by atoms with E-state index < -0.39 is 6.10 Å². The average molecular weight is 248 g/mol. The lowest BCUT2D eigenvalue weighted by Crippen LogP contribution is -2.18. The van der Waals surface area contributed by atoms with E-state index in [2.05, 4.69) is 13.8 Å². The van der Waals surface area contributed by atoms with Gasteiger partial charge in [0.2, 0.25) is 0 Å². The number of ether oxygens (including phenoxy) is 1. The van der Waals surface area contributed by atoms with Crippen molar-refractivity contribution in [3.63, 3.8) is 0 Å². The molecule has 0 fully saturated rings.